The zero-order valence-corrected chi connectivity index (χ0v) is 20.7. The minimum absolute atomic E-state index is 0.0318. The van der Waals surface area contributed by atoms with E-state index in [4.69, 9.17) is 23.4 Å². The van der Waals surface area contributed by atoms with Crippen LogP contribution in [0.5, 0.6) is 40.2 Å². The molecule has 0 aliphatic carbocycles. The second kappa shape index (κ2) is 10.8. The van der Waals surface area contributed by atoms with Gasteiger partial charge in [0.2, 0.25) is 5.75 Å². The Labute approximate surface area is 216 Å². The number of ether oxygens (including phenoxy) is 4. The number of benzene rings is 3. The largest absolute Gasteiger partial charge is 0.508 e. The lowest BCUT2D eigenvalue weighted by molar-refractivity contribution is -0.00396. The molecule has 0 fully saturated rings. The van der Waals surface area contributed by atoms with Gasteiger partial charge in [0.1, 0.15) is 34.3 Å². The van der Waals surface area contributed by atoms with Gasteiger partial charge in [-0.15, -0.1) is 0 Å². The predicted molar refractivity (Wildman–Crippen MR) is 135 cm³/mol. The summed E-state index contributed by atoms with van der Waals surface area (Å²) in [5, 5.41) is 49.9. The Bertz CT molecular complexity index is 1500. The molecule has 2 atom stereocenters. The highest BCUT2D eigenvalue weighted by molar-refractivity contribution is 5.86. The molecule has 0 saturated heterocycles. The quantitative estimate of drug-likeness (QED) is 0.217. The molecule has 0 saturated carbocycles. The van der Waals surface area contributed by atoms with Gasteiger partial charge in [-0.2, -0.15) is 0 Å². The average molecular weight is 526 g/mol. The van der Waals surface area contributed by atoms with Crippen molar-refractivity contribution in [2.24, 2.45) is 0 Å². The van der Waals surface area contributed by atoms with E-state index in [2.05, 4.69) is 0 Å². The first-order valence-electron chi connectivity index (χ1n) is 11.3. The number of aliphatic hydroxyl groups is 2. The van der Waals surface area contributed by atoms with Crippen LogP contribution in [-0.4, -0.2) is 59.6 Å². The molecule has 0 radical (unpaired) electrons. The Balaban J connectivity index is 1.82. The van der Waals surface area contributed by atoms with Gasteiger partial charge in [-0.1, -0.05) is 6.07 Å². The van der Waals surface area contributed by atoms with Crippen molar-refractivity contribution in [2.45, 2.75) is 12.2 Å². The number of aliphatic hydroxyl groups excluding tert-OH is 2. The third-order valence-corrected chi connectivity index (χ3v) is 5.85. The Morgan fingerprint density at radius 2 is 1.50 bits per heavy atom. The molecule has 5 N–H and O–H groups in total. The van der Waals surface area contributed by atoms with Crippen LogP contribution >= 0.6 is 0 Å². The van der Waals surface area contributed by atoms with Crippen molar-refractivity contribution in [3.05, 3.63) is 64.3 Å². The van der Waals surface area contributed by atoms with E-state index in [-0.39, 0.29) is 51.2 Å². The number of hydrogen-bond donors (Lipinski definition) is 5. The van der Waals surface area contributed by atoms with Crippen molar-refractivity contribution in [1.29, 1.82) is 0 Å². The number of phenols is 3. The van der Waals surface area contributed by atoms with Gasteiger partial charge in [-0.25, -0.2) is 0 Å². The molecule has 0 amide bonds. The zero-order valence-electron chi connectivity index (χ0n) is 20.7. The topological polar surface area (TPSA) is 168 Å². The van der Waals surface area contributed by atoms with Crippen LogP contribution in [-0.2, 0) is 0 Å². The van der Waals surface area contributed by atoms with Crippen molar-refractivity contribution in [2.75, 3.05) is 27.9 Å². The monoisotopic (exact) mass is 526 g/mol. The smallest absolute Gasteiger partial charge is 0.204 e. The molecule has 3 aromatic carbocycles. The predicted octanol–water partition coefficient (Wildman–Crippen LogP) is 3.08. The first kappa shape index (κ1) is 26.5. The van der Waals surface area contributed by atoms with E-state index < -0.39 is 30.0 Å². The molecule has 11 heteroatoms. The van der Waals surface area contributed by atoms with Crippen LogP contribution in [0, 0.1) is 0 Å². The molecule has 4 aromatic rings. The molecule has 200 valence electrons. The third kappa shape index (κ3) is 4.97. The van der Waals surface area contributed by atoms with Crippen molar-refractivity contribution in [3.8, 4) is 51.6 Å². The maximum Gasteiger partial charge on any atom is 0.204 e. The Morgan fingerprint density at radius 1 is 0.842 bits per heavy atom. The minimum atomic E-state index is -1.38. The van der Waals surface area contributed by atoms with E-state index in [0.717, 1.165) is 6.07 Å². The second-order valence-corrected chi connectivity index (χ2v) is 8.24. The molecule has 11 nitrogen and oxygen atoms in total. The molecule has 0 spiro atoms. The Morgan fingerprint density at radius 3 is 2.11 bits per heavy atom. The first-order chi connectivity index (χ1) is 18.2. The van der Waals surface area contributed by atoms with Crippen LogP contribution in [0.25, 0.3) is 22.3 Å². The van der Waals surface area contributed by atoms with E-state index in [1.54, 1.807) is 0 Å². The van der Waals surface area contributed by atoms with Crippen molar-refractivity contribution >= 4 is 11.0 Å². The van der Waals surface area contributed by atoms with Gasteiger partial charge in [-0.05, 0) is 29.8 Å². The lowest BCUT2D eigenvalue weighted by Crippen LogP contribution is -2.27. The SMILES string of the molecule is COc1cc([C@@H](Oc2c(OC)cc(-c3cc(=O)c4c(O)cc(O)cc4o3)cc2OC)[C@@H](O)CO)ccc1O. The summed E-state index contributed by atoms with van der Waals surface area (Å²) in [6.07, 6.45) is -2.51. The summed E-state index contributed by atoms with van der Waals surface area (Å²) in [6.45, 7) is -0.640. The summed E-state index contributed by atoms with van der Waals surface area (Å²) < 4.78 is 28.0. The molecular weight excluding hydrogens is 500 g/mol. The van der Waals surface area contributed by atoms with Gasteiger partial charge in [0.05, 0.1) is 27.9 Å². The fraction of sp³-hybridized carbons (Fsp3) is 0.222. The number of fused-ring (bicyclic) bond motifs is 1. The van der Waals surface area contributed by atoms with E-state index >= 15 is 0 Å². The summed E-state index contributed by atoms with van der Waals surface area (Å²) in [5.74, 6) is -0.242. The van der Waals surface area contributed by atoms with Crippen LogP contribution in [0.1, 0.15) is 11.7 Å². The summed E-state index contributed by atoms with van der Waals surface area (Å²) in [7, 11) is 4.12. The van der Waals surface area contributed by atoms with Crippen molar-refractivity contribution in [1.82, 2.24) is 0 Å². The van der Waals surface area contributed by atoms with Crippen LogP contribution in [0.15, 0.2) is 57.7 Å². The lowest BCUT2D eigenvalue weighted by Gasteiger charge is -2.26. The molecule has 4 rings (SSSR count). The lowest BCUT2D eigenvalue weighted by atomic mass is 10.0. The van der Waals surface area contributed by atoms with Gasteiger partial charge in [0, 0.05) is 23.8 Å². The number of aromatic hydroxyl groups is 3. The zero-order chi connectivity index (χ0) is 27.6. The standard InChI is InChI=1S/C27H26O11/c1-34-21-6-13(4-5-16(21)30)26(19(33)12-28)38-27-23(35-2)7-14(8-24(27)36-3)20-11-18(32)25-17(31)9-15(29)10-22(25)37-20/h4-11,19,26,28-31,33H,12H2,1-3H3/t19-,26+/m0/s1. The average Bonchev–Trinajstić information content (AvgIpc) is 2.90. The van der Waals surface area contributed by atoms with E-state index in [0.29, 0.717) is 11.1 Å². The van der Waals surface area contributed by atoms with Gasteiger partial charge in [0.15, 0.2) is 34.5 Å². The van der Waals surface area contributed by atoms with Gasteiger partial charge < -0.3 is 48.9 Å². The number of rotatable bonds is 9. The highest BCUT2D eigenvalue weighted by Crippen LogP contribution is 2.45. The second-order valence-electron chi connectivity index (χ2n) is 8.24. The molecule has 0 aliphatic rings. The van der Waals surface area contributed by atoms with E-state index in [9.17, 15) is 30.3 Å². The minimum Gasteiger partial charge on any atom is -0.508 e. The molecule has 38 heavy (non-hydrogen) atoms. The first-order valence-corrected chi connectivity index (χ1v) is 11.3. The maximum absolute atomic E-state index is 12.7. The highest BCUT2D eigenvalue weighted by atomic mass is 16.6. The third-order valence-electron chi connectivity index (χ3n) is 5.85. The summed E-state index contributed by atoms with van der Waals surface area (Å²) in [6, 6.07) is 10.8. The number of phenolic OH excluding ortho intramolecular Hbond substituents is 3. The van der Waals surface area contributed by atoms with Crippen LogP contribution in [0.2, 0.25) is 0 Å². The molecular formula is C27H26O11. The normalized spacial score (nSPS) is 12.7. The summed E-state index contributed by atoms with van der Waals surface area (Å²) >= 11 is 0. The summed E-state index contributed by atoms with van der Waals surface area (Å²) in [5.41, 5.74) is 0.160. The van der Waals surface area contributed by atoms with Crippen LogP contribution in [0.3, 0.4) is 0 Å². The fourth-order valence-electron chi connectivity index (χ4n) is 4.00. The van der Waals surface area contributed by atoms with Crippen molar-refractivity contribution in [3.63, 3.8) is 0 Å². The van der Waals surface area contributed by atoms with Gasteiger partial charge in [0.25, 0.3) is 0 Å². The molecule has 1 heterocycles. The Hall–Kier alpha value is -4.61. The maximum atomic E-state index is 12.7. The van der Waals surface area contributed by atoms with E-state index in [1.165, 1.54) is 63.8 Å². The van der Waals surface area contributed by atoms with E-state index in [1.807, 2.05) is 0 Å². The van der Waals surface area contributed by atoms with Crippen LogP contribution in [0.4, 0.5) is 0 Å². The molecule has 0 unspecified atom stereocenters. The van der Waals surface area contributed by atoms with Crippen LogP contribution < -0.4 is 24.4 Å². The van der Waals surface area contributed by atoms with Gasteiger partial charge >= 0.3 is 0 Å². The highest BCUT2D eigenvalue weighted by Gasteiger charge is 2.28. The number of hydrogen-bond acceptors (Lipinski definition) is 11. The Kier molecular flexibility index (Phi) is 7.51. The summed E-state index contributed by atoms with van der Waals surface area (Å²) in [4.78, 5) is 12.7. The fourth-order valence-corrected chi connectivity index (χ4v) is 4.00. The molecule has 0 bridgehead atoms. The molecule has 0 aliphatic heterocycles. The van der Waals surface area contributed by atoms with Crippen molar-refractivity contribution < 1.29 is 48.9 Å². The van der Waals surface area contributed by atoms with Gasteiger partial charge in [-0.3, -0.25) is 4.79 Å². The molecule has 1 aromatic heterocycles. The number of methoxy groups -OCH3 is 3.